The number of ether oxygens (including phenoxy) is 1. The van der Waals surface area contributed by atoms with E-state index in [1.165, 1.54) is 12.1 Å². The fraction of sp³-hybridized carbons (Fsp3) is 0.133. The van der Waals surface area contributed by atoms with Crippen LogP contribution in [0.1, 0.15) is 5.69 Å². The van der Waals surface area contributed by atoms with Gasteiger partial charge in [-0.1, -0.05) is 24.3 Å². The van der Waals surface area contributed by atoms with Crippen molar-refractivity contribution >= 4 is 10.9 Å². The average Bonchev–Trinajstić information content (AvgIpc) is 2.74. The maximum Gasteiger partial charge on any atom is 0.133 e. The summed E-state index contributed by atoms with van der Waals surface area (Å²) < 4.78 is 20.4. The third-order valence-electron chi connectivity index (χ3n) is 3.01. The van der Waals surface area contributed by atoms with Crippen LogP contribution >= 0.6 is 0 Å². The van der Waals surface area contributed by atoms with Gasteiger partial charge in [0, 0.05) is 18.5 Å². The Labute approximate surface area is 110 Å². The predicted molar refractivity (Wildman–Crippen MR) is 71.4 cm³/mol. The first kappa shape index (κ1) is 11.7. The molecule has 0 saturated carbocycles. The van der Waals surface area contributed by atoms with E-state index in [0.717, 1.165) is 16.6 Å². The molecule has 0 amide bonds. The third-order valence-corrected chi connectivity index (χ3v) is 3.01. The summed E-state index contributed by atoms with van der Waals surface area (Å²) in [5.74, 6) is 0.207. The first-order chi connectivity index (χ1) is 9.24. The Morgan fingerprint density at radius 2 is 2.00 bits per heavy atom. The van der Waals surface area contributed by atoms with Gasteiger partial charge in [0.05, 0.1) is 5.52 Å². The van der Waals surface area contributed by atoms with Crippen molar-refractivity contribution in [2.45, 2.75) is 6.61 Å². The number of fused-ring (bicyclic) bond motifs is 1. The van der Waals surface area contributed by atoms with E-state index in [0.29, 0.717) is 12.4 Å². The van der Waals surface area contributed by atoms with Gasteiger partial charge in [0.1, 0.15) is 23.9 Å². The van der Waals surface area contributed by atoms with Crippen molar-refractivity contribution in [1.82, 2.24) is 9.78 Å². The number of para-hydroxylation sites is 1. The minimum Gasteiger partial charge on any atom is -0.487 e. The van der Waals surface area contributed by atoms with Gasteiger partial charge in [0.15, 0.2) is 0 Å². The molecule has 1 aromatic heterocycles. The van der Waals surface area contributed by atoms with E-state index < -0.39 is 0 Å². The Bertz CT molecular complexity index is 721. The van der Waals surface area contributed by atoms with Crippen LogP contribution in [0.15, 0.2) is 48.5 Å². The van der Waals surface area contributed by atoms with Crippen molar-refractivity contribution in [2.75, 3.05) is 0 Å². The van der Waals surface area contributed by atoms with Crippen LogP contribution < -0.4 is 4.74 Å². The lowest BCUT2D eigenvalue weighted by Gasteiger charge is -2.04. The Balaban J connectivity index is 1.86. The second-order valence-electron chi connectivity index (χ2n) is 4.33. The largest absolute Gasteiger partial charge is 0.487 e. The molecule has 0 spiro atoms. The minimum absolute atomic E-state index is 0.302. The molecule has 0 aliphatic heterocycles. The van der Waals surface area contributed by atoms with E-state index in [1.54, 1.807) is 12.1 Å². The number of hydrogen-bond donors (Lipinski definition) is 0. The highest BCUT2D eigenvalue weighted by Gasteiger charge is 2.08. The van der Waals surface area contributed by atoms with Crippen molar-refractivity contribution < 1.29 is 9.13 Å². The molecule has 0 bridgehead atoms. The van der Waals surface area contributed by atoms with E-state index in [2.05, 4.69) is 5.10 Å². The normalized spacial score (nSPS) is 10.8. The molecule has 0 saturated heterocycles. The lowest BCUT2D eigenvalue weighted by Crippen LogP contribution is -1.98. The van der Waals surface area contributed by atoms with Gasteiger partial charge in [-0.3, -0.25) is 4.68 Å². The predicted octanol–water partition coefficient (Wildman–Crippen LogP) is 3.29. The number of rotatable bonds is 3. The summed E-state index contributed by atoms with van der Waals surface area (Å²) in [4.78, 5) is 0. The van der Waals surface area contributed by atoms with E-state index in [1.807, 2.05) is 36.0 Å². The number of nitrogens with zero attached hydrogens (tertiary/aromatic N) is 2. The third kappa shape index (κ3) is 2.29. The van der Waals surface area contributed by atoms with Crippen LogP contribution in [0.5, 0.6) is 5.75 Å². The molecule has 0 N–H and O–H groups in total. The molecule has 0 unspecified atom stereocenters. The molecule has 0 radical (unpaired) electrons. The van der Waals surface area contributed by atoms with Gasteiger partial charge in [-0.25, -0.2) is 4.39 Å². The highest BCUT2D eigenvalue weighted by Crippen LogP contribution is 2.20. The molecule has 2 aromatic carbocycles. The number of halogens is 1. The molecule has 3 nitrogen and oxygen atoms in total. The van der Waals surface area contributed by atoms with Crippen LogP contribution in [-0.4, -0.2) is 9.78 Å². The standard InChI is InChI=1S/C15H13FN2O/c1-18-15-8-3-2-7-13(15)14(17-18)10-19-12-6-4-5-11(16)9-12/h2-9H,10H2,1H3. The van der Waals surface area contributed by atoms with Gasteiger partial charge >= 0.3 is 0 Å². The first-order valence-electron chi connectivity index (χ1n) is 6.03. The van der Waals surface area contributed by atoms with Gasteiger partial charge in [-0.2, -0.15) is 5.10 Å². The Morgan fingerprint density at radius 3 is 2.84 bits per heavy atom. The van der Waals surface area contributed by atoms with E-state index >= 15 is 0 Å². The van der Waals surface area contributed by atoms with Crippen LogP contribution in [0.2, 0.25) is 0 Å². The van der Waals surface area contributed by atoms with Crippen LogP contribution in [-0.2, 0) is 13.7 Å². The molecule has 0 fully saturated rings. The molecule has 0 atom stereocenters. The lowest BCUT2D eigenvalue weighted by molar-refractivity contribution is 0.300. The molecule has 19 heavy (non-hydrogen) atoms. The maximum atomic E-state index is 13.1. The molecule has 3 rings (SSSR count). The van der Waals surface area contributed by atoms with Gasteiger partial charge in [-0.15, -0.1) is 0 Å². The van der Waals surface area contributed by atoms with Crippen molar-refractivity contribution in [2.24, 2.45) is 7.05 Å². The van der Waals surface area contributed by atoms with Crippen LogP contribution in [0.3, 0.4) is 0 Å². The van der Waals surface area contributed by atoms with Crippen molar-refractivity contribution in [3.63, 3.8) is 0 Å². The number of hydrogen-bond acceptors (Lipinski definition) is 2. The zero-order valence-corrected chi connectivity index (χ0v) is 10.5. The number of benzene rings is 2. The molecule has 0 aliphatic carbocycles. The summed E-state index contributed by atoms with van der Waals surface area (Å²) in [6.07, 6.45) is 0. The highest BCUT2D eigenvalue weighted by molar-refractivity contribution is 5.81. The second kappa shape index (κ2) is 4.72. The summed E-state index contributed by atoms with van der Waals surface area (Å²) in [6.45, 7) is 0.324. The summed E-state index contributed by atoms with van der Waals surface area (Å²) in [5, 5.41) is 5.48. The molecular weight excluding hydrogens is 243 g/mol. The number of aryl methyl sites for hydroxylation is 1. The highest BCUT2D eigenvalue weighted by atomic mass is 19.1. The number of aromatic nitrogens is 2. The smallest absolute Gasteiger partial charge is 0.133 e. The summed E-state index contributed by atoms with van der Waals surface area (Å²) in [6, 6.07) is 14.1. The monoisotopic (exact) mass is 256 g/mol. The zero-order chi connectivity index (χ0) is 13.2. The SMILES string of the molecule is Cn1nc(COc2cccc(F)c2)c2ccccc21. The molecule has 4 heteroatoms. The maximum absolute atomic E-state index is 13.1. The van der Waals surface area contributed by atoms with Gasteiger partial charge in [-0.05, 0) is 18.2 Å². The van der Waals surface area contributed by atoms with Crippen molar-refractivity contribution in [1.29, 1.82) is 0 Å². The van der Waals surface area contributed by atoms with Gasteiger partial charge < -0.3 is 4.74 Å². The van der Waals surface area contributed by atoms with E-state index in [9.17, 15) is 4.39 Å². The summed E-state index contributed by atoms with van der Waals surface area (Å²) in [5.41, 5.74) is 1.91. The lowest BCUT2D eigenvalue weighted by atomic mass is 10.2. The summed E-state index contributed by atoms with van der Waals surface area (Å²) >= 11 is 0. The second-order valence-corrected chi connectivity index (χ2v) is 4.33. The molecule has 96 valence electrons. The average molecular weight is 256 g/mol. The quantitative estimate of drug-likeness (QED) is 0.719. The summed E-state index contributed by atoms with van der Waals surface area (Å²) in [7, 11) is 1.90. The van der Waals surface area contributed by atoms with Crippen molar-refractivity contribution in [3.8, 4) is 5.75 Å². The zero-order valence-electron chi connectivity index (χ0n) is 10.5. The van der Waals surface area contributed by atoms with Gasteiger partial charge in [0.2, 0.25) is 0 Å². The fourth-order valence-electron chi connectivity index (χ4n) is 2.10. The van der Waals surface area contributed by atoms with Crippen LogP contribution in [0.4, 0.5) is 4.39 Å². The first-order valence-corrected chi connectivity index (χ1v) is 6.03. The van der Waals surface area contributed by atoms with Crippen LogP contribution in [0, 0.1) is 5.82 Å². The van der Waals surface area contributed by atoms with Crippen molar-refractivity contribution in [3.05, 3.63) is 60.0 Å². The van der Waals surface area contributed by atoms with E-state index in [-0.39, 0.29) is 5.82 Å². The fourth-order valence-corrected chi connectivity index (χ4v) is 2.10. The molecule has 1 heterocycles. The minimum atomic E-state index is -0.302. The van der Waals surface area contributed by atoms with Crippen LogP contribution in [0.25, 0.3) is 10.9 Å². The van der Waals surface area contributed by atoms with Gasteiger partial charge in [0.25, 0.3) is 0 Å². The Hall–Kier alpha value is -2.36. The Kier molecular flexibility index (Phi) is 2.91. The molecule has 0 aliphatic rings. The Morgan fingerprint density at radius 1 is 1.16 bits per heavy atom. The molecule has 3 aromatic rings. The molecular formula is C15H13FN2O. The topological polar surface area (TPSA) is 27.1 Å². The van der Waals surface area contributed by atoms with E-state index in [4.69, 9.17) is 4.74 Å².